The number of hydrogen-bond acceptors (Lipinski definition) is 5. The molecule has 0 aliphatic heterocycles. The molecule has 1 amide bonds. The molecule has 1 aromatic heterocycles. The molecule has 0 saturated carbocycles. The Morgan fingerprint density at radius 1 is 1.00 bits per heavy atom. The highest BCUT2D eigenvalue weighted by molar-refractivity contribution is 7.17. The Morgan fingerprint density at radius 3 is 2.45 bits per heavy atom. The molecule has 1 heterocycles. The van der Waals surface area contributed by atoms with Gasteiger partial charge in [-0.25, -0.2) is 0 Å². The van der Waals surface area contributed by atoms with E-state index < -0.39 is 5.91 Å². The fraction of sp³-hybridized carbons (Fsp3) is 0.250. The van der Waals surface area contributed by atoms with Gasteiger partial charge in [-0.15, -0.1) is 0 Å². The zero-order valence-electron chi connectivity index (χ0n) is 17.8. The Morgan fingerprint density at radius 2 is 1.74 bits per heavy atom. The molecule has 0 spiro atoms. The standard InChI is InChI=1S/C24H24N2O4S/c1-4-30-15-14-26-18-13-12-16-8-5-6-9-17(16)22(18)31-24(26)25-23(27)21-19(28-2)10-7-11-20(21)29-3/h5-13H,4,14-15H2,1-3H3. The van der Waals surface area contributed by atoms with Crippen molar-refractivity contribution >= 4 is 38.2 Å². The van der Waals surface area contributed by atoms with E-state index in [1.165, 1.54) is 25.6 Å². The number of hydrogen-bond donors (Lipinski definition) is 0. The fourth-order valence-electron chi connectivity index (χ4n) is 3.60. The van der Waals surface area contributed by atoms with Gasteiger partial charge < -0.3 is 18.8 Å². The first-order chi connectivity index (χ1) is 15.2. The molecule has 6 nitrogen and oxygen atoms in total. The Bertz CT molecular complexity index is 1280. The molecule has 0 aliphatic rings. The van der Waals surface area contributed by atoms with Gasteiger partial charge in [0.25, 0.3) is 5.91 Å². The van der Waals surface area contributed by atoms with Gasteiger partial charge in [0.05, 0.1) is 31.0 Å². The van der Waals surface area contributed by atoms with Gasteiger partial charge in [-0.2, -0.15) is 4.99 Å². The lowest BCUT2D eigenvalue weighted by Crippen LogP contribution is -2.20. The summed E-state index contributed by atoms with van der Waals surface area (Å²) in [6.45, 7) is 3.73. The molecule has 0 radical (unpaired) electrons. The minimum absolute atomic E-state index is 0.311. The summed E-state index contributed by atoms with van der Waals surface area (Å²) in [5.41, 5.74) is 1.34. The van der Waals surface area contributed by atoms with E-state index in [1.54, 1.807) is 18.2 Å². The molecule has 4 rings (SSSR count). The van der Waals surface area contributed by atoms with Crippen LogP contribution in [0.2, 0.25) is 0 Å². The first-order valence-electron chi connectivity index (χ1n) is 10.1. The van der Waals surface area contributed by atoms with Gasteiger partial charge >= 0.3 is 0 Å². The number of ether oxygens (including phenoxy) is 3. The van der Waals surface area contributed by atoms with Gasteiger partial charge in [-0.05, 0) is 30.5 Å². The average Bonchev–Trinajstić information content (AvgIpc) is 3.16. The maximum absolute atomic E-state index is 13.2. The minimum atomic E-state index is -0.407. The second-order valence-electron chi connectivity index (χ2n) is 6.82. The van der Waals surface area contributed by atoms with Crippen LogP contribution in [0.1, 0.15) is 17.3 Å². The zero-order chi connectivity index (χ0) is 21.8. The summed E-state index contributed by atoms with van der Waals surface area (Å²) < 4.78 is 19.5. The van der Waals surface area contributed by atoms with Crippen molar-refractivity contribution in [2.45, 2.75) is 13.5 Å². The summed E-state index contributed by atoms with van der Waals surface area (Å²) in [4.78, 5) is 18.3. The molecule has 4 aromatic rings. The van der Waals surface area contributed by atoms with Crippen molar-refractivity contribution in [3.63, 3.8) is 0 Å². The number of rotatable bonds is 7. The number of amides is 1. The molecule has 0 atom stereocenters. The molecule has 0 bridgehead atoms. The van der Waals surface area contributed by atoms with Crippen LogP contribution in [0.5, 0.6) is 11.5 Å². The molecular weight excluding hydrogens is 412 g/mol. The highest BCUT2D eigenvalue weighted by Gasteiger charge is 2.19. The van der Waals surface area contributed by atoms with Gasteiger partial charge in [0, 0.05) is 18.5 Å². The van der Waals surface area contributed by atoms with Crippen molar-refractivity contribution in [3.8, 4) is 11.5 Å². The maximum Gasteiger partial charge on any atom is 0.287 e. The maximum atomic E-state index is 13.2. The molecule has 31 heavy (non-hydrogen) atoms. The quantitative estimate of drug-likeness (QED) is 0.396. The van der Waals surface area contributed by atoms with Crippen molar-refractivity contribution in [1.29, 1.82) is 0 Å². The summed E-state index contributed by atoms with van der Waals surface area (Å²) in [7, 11) is 3.05. The third kappa shape index (κ3) is 4.06. The Kier molecular flexibility index (Phi) is 6.34. The lowest BCUT2D eigenvalue weighted by Gasteiger charge is -2.10. The van der Waals surface area contributed by atoms with E-state index in [0.717, 1.165) is 21.0 Å². The van der Waals surface area contributed by atoms with Crippen LogP contribution in [0.3, 0.4) is 0 Å². The number of fused-ring (bicyclic) bond motifs is 3. The number of methoxy groups -OCH3 is 2. The lowest BCUT2D eigenvalue weighted by atomic mass is 10.1. The van der Waals surface area contributed by atoms with E-state index in [-0.39, 0.29) is 0 Å². The van der Waals surface area contributed by atoms with Crippen LogP contribution in [0, 0.1) is 0 Å². The average molecular weight is 437 g/mol. The molecule has 160 valence electrons. The van der Waals surface area contributed by atoms with Gasteiger partial charge in [-0.3, -0.25) is 4.79 Å². The predicted octanol–water partition coefficient (Wildman–Crippen LogP) is 4.65. The second kappa shape index (κ2) is 9.32. The van der Waals surface area contributed by atoms with E-state index >= 15 is 0 Å². The fourth-order valence-corrected chi connectivity index (χ4v) is 4.79. The van der Waals surface area contributed by atoms with E-state index in [1.807, 2.05) is 23.6 Å². The van der Waals surface area contributed by atoms with Crippen molar-refractivity contribution < 1.29 is 19.0 Å². The number of thiazole rings is 1. The Labute approximate surface area is 184 Å². The first-order valence-corrected chi connectivity index (χ1v) is 10.9. The van der Waals surface area contributed by atoms with E-state index in [2.05, 4.69) is 29.3 Å². The van der Waals surface area contributed by atoms with Crippen molar-refractivity contribution in [2.75, 3.05) is 27.4 Å². The predicted molar refractivity (Wildman–Crippen MR) is 123 cm³/mol. The van der Waals surface area contributed by atoms with Crippen LogP contribution in [-0.4, -0.2) is 37.9 Å². The topological polar surface area (TPSA) is 62.1 Å². The zero-order valence-corrected chi connectivity index (χ0v) is 18.6. The van der Waals surface area contributed by atoms with Gasteiger partial charge in [0.15, 0.2) is 4.80 Å². The molecule has 0 N–H and O–H groups in total. The monoisotopic (exact) mass is 436 g/mol. The van der Waals surface area contributed by atoms with Crippen molar-refractivity contribution in [2.24, 2.45) is 4.99 Å². The van der Waals surface area contributed by atoms with Crippen LogP contribution in [0.25, 0.3) is 21.0 Å². The second-order valence-corrected chi connectivity index (χ2v) is 7.80. The van der Waals surface area contributed by atoms with Crippen LogP contribution in [0.4, 0.5) is 0 Å². The molecular formula is C24H24N2O4S. The first kappa shape index (κ1) is 21.1. The van der Waals surface area contributed by atoms with E-state index in [0.29, 0.717) is 41.6 Å². The summed E-state index contributed by atoms with van der Waals surface area (Å²) in [5.74, 6) is 0.455. The van der Waals surface area contributed by atoms with E-state index in [4.69, 9.17) is 14.2 Å². The SMILES string of the molecule is CCOCCn1c(=NC(=O)c2c(OC)cccc2OC)sc2c3ccccc3ccc21. The molecule has 7 heteroatoms. The largest absolute Gasteiger partial charge is 0.496 e. The summed E-state index contributed by atoms with van der Waals surface area (Å²) in [6, 6.07) is 17.6. The summed E-state index contributed by atoms with van der Waals surface area (Å²) in [6.07, 6.45) is 0. The molecule has 0 unspecified atom stereocenters. The van der Waals surface area contributed by atoms with E-state index in [9.17, 15) is 4.79 Å². The van der Waals surface area contributed by atoms with Gasteiger partial charge in [-0.1, -0.05) is 47.7 Å². The Balaban J connectivity index is 1.92. The number of carbonyl (C=O) groups excluding carboxylic acids is 1. The van der Waals surface area contributed by atoms with Crippen LogP contribution >= 0.6 is 11.3 Å². The van der Waals surface area contributed by atoms with Crippen LogP contribution in [-0.2, 0) is 11.3 Å². The lowest BCUT2D eigenvalue weighted by molar-refractivity contribution is 0.0990. The van der Waals surface area contributed by atoms with Crippen LogP contribution in [0.15, 0.2) is 59.6 Å². The number of carbonyl (C=O) groups is 1. The third-order valence-electron chi connectivity index (χ3n) is 5.08. The molecule has 0 saturated heterocycles. The Hall–Kier alpha value is -3.16. The molecule has 0 fully saturated rings. The van der Waals surface area contributed by atoms with Crippen molar-refractivity contribution in [3.05, 3.63) is 65.0 Å². The minimum Gasteiger partial charge on any atom is -0.496 e. The molecule has 3 aromatic carbocycles. The molecule has 0 aliphatic carbocycles. The van der Waals surface area contributed by atoms with Gasteiger partial charge in [0.1, 0.15) is 17.1 Å². The number of aromatic nitrogens is 1. The van der Waals surface area contributed by atoms with Crippen LogP contribution < -0.4 is 14.3 Å². The normalized spacial score (nSPS) is 11.9. The van der Waals surface area contributed by atoms with Gasteiger partial charge in [0.2, 0.25) is 0 Å². The number of nitrogens with zero attached hydrogens (tertiary/aromatic N) is 2. The van der Waals surface area contributed by atoms with Crippen molar-refractivity contribution in [1.82, 2.24) is 4.57 Å². The highest BCUT2D eigenvalue weighted by Crippen LogP contribution is 2.30. The highest BCUT2D eigenvalue weighted by atomic mass is 32.1. The number of benzene rings is 3. The smallest absolute Gasteiger partial charge is 0.287 e. The summed E-state index contributed by atoms with van der Waals surface area (Å²) >= 11 is 1.50. The third-order valence-corrected chi connectivity index (χ3v) is 6.20. The summed E-state index contributed by atoms with van der Waals surface area (Å²) in [5, 5.41) is 2.29.